The van der Waals surface area contributed by atoms with Crippen molar-refractivity contribution >= 4 is 6.03 Å². The number of likely N-dealkylation sites (tertiary alicyclic amines) is 1. The number of rotatable bonds is 5. The Hall–Kier alpha value is -1.66. The predicted octanol–water partition coefficient (Wildman–Crippen LogP) is 1.12. The molecule has 0 radical (unpaired) electrons. The van der Waals surface area contributed by atoms with Crippen molar-refractivity contribution in [3.63, 3.8) is 0 Å². The summed E-state index contributed by atoms with van der Waals surface area (Å²) in [6.45, 7) is 3.34. The summed E-state index contributed by atoms with van der Waals surface area (Å²) < 4.78 is 18.3. The molecule has 1 heterocycles. The molecule has 1 atom stereocenters. The topological polar surface area (TPSA) is 61.8 Å². The van der Waals surface area contributed by atoms with Gasteiger partial charge in [0.1, 0.15) is 5.82 Å². The minimum Gasteiger partial charge on any atom is -0.392 e. The van der Waals surface area contributed by atoms with Crippen molar-refractivity contribution in [2.45, 2.75) is 25.7 Å². The Morgan fingerprint density at radius 3 is 2.75 bits per heavy atom. The van der Waals surface area contributed by atoms with Crippen LogP contribution in [0.1, 0.15) is 12.5 Å². The van der Waals surface area contributed by atoms with Gasteiger partial charge >= 0.3 is 6.03 Å². The number of benzene rings is 1. The first-order chi connectivity index (χ1) is 9.54. The third-order valence-corrected chi connectivity index (χ3v) is 3.08. The minimum absolute atomic E-state index is 0.0114. The van der Waals surface area contributed by atoms with Gasteiger partial charge in [0, 0.05) is 6.54 Å². The molecule has 0 bridgehead atoms. The van der Waals surface area contributed by atoms with Gasteiger partial charge in [-0.05, 0) is 24.6 Å². The van der Waals surface area contributed by atoms with Crippen LogP contribution in [0.2, 0.25) is 0 Å². The number of carbonyl (C=O) groups excluding carboxylic acids is 1. The van der Waals surface area contributed by atoms with E-state index >= 15 is 0 Å². The van der Waals surface area contributed by atoms with Crippen molar-refractivity contribution in [1.82, 2.24) is 10.2 Å². The second-order valence-corrected chi connectivity index (χ2v) is 5.00. The van der Waals surface area contributed by atoms with Gasteiger partial charge in [0.2, 0.25) is 0 Å². The molecule has 1 aromatic rings. The van der Waals surface area contributed by atoms with E-state index in [1.165, 1.54) is 12.1 Å². The number of hydrogen-bond acceptors (Lipinski definition) is 3. The van der Waals surface area contributed by atoms with Gasteiger partial charge in [-0.2, -0.15) is 0 Å². The van der Waals surface area contributed by atoms with Gasteiger partial charge in [-0.1, -0.05) is 12.1 Å². The van der Waals surface area contributed by atoms with Crippen molar-refractivity contribution in [3.8, 4) is 0 Å². The number of urea groups is 1. The summed E-state index contributed by atoms with van der Waals surface area (Å²) in [7, 11) is 0. The zero-order chi connectivity index (χ0) is 14.5. The van der Waals surface area contributed by atoms with E-state index < -0.39 is 6.10 Å². The molecule has 0 aliphatic carbocycles. The summed E-state index contributed by atoms with van der Waals surface area (Å²) in [6, 6.07) is 5.97. The van der Waals surface area contributed by atoms with Crippen LogP contribution in [0.5, 0.6) is 0 Å². The Bertz CT molecular complexity index is 444. The molecular formula is C14H19FN2O3. The second-order valence-electron chi connectivity index (χ2n) is 5.00. The summed E-state index contributed by atoms with van der Waals surface area (Å²) in [6.07, 6.45) is -0.539. The molecule has 1 aliphatic rings. The predicted molar refractivity (Wildman–Crippen MR) is 71.6 cm³/mol. The van der Waals surface area contributed by atoms with Crippen LogP contribution < -0.4 is 5.32 Å². The fourth-order valence-electron chi connectivity index (χ4n) is 1.85. The van der Waals surface area contributed by atoms with Gasteiger partial charge < -0.3 is 20.1 Å². The lowest BCUT2D eigenvalue weighted by atomic mass is 10.1. The van der Waals surface area contributed by atoms with Crippen LogP contribution in [-0.2, 0) is 11.3 Å². The first-order valence-corrected chi connectivity index (χ1v) is 6.61. The van der Waals surface area contributed by atoms with Crippen LogP contribution in [0.25, 0.3) is 0 Å². The SMILES string of the molecule is CC(O)CNC(=O)N1CC(OCc2ccc(F)cc2)C1. The highest BCUT2D eigenvalue weighted by molar-refractivity contribution is 5.75. The monoisotopic (exact) mass is 282 g/mol. The third kappa shape index (κ3) is 4.18. The molecule has 2 N–H and O–H groups in total. The smallest absolute Gasteiger partial charge is 0.317 e. The largest absolute Gasteiger partial charge is 0.392 e. The van der Waals surface area contributed by atoms with E-state index in [9.17, 15) is 9.18 Å². The Morgan fingerprint density at radius 2 is 2.15 bits per heavy atom. The van der Waals surface area contributed by atoms with Crippen molar-refractivity contribution in [1.29, 1.82) is 0 Å². The van der Waals surface area contributed by atoms with E-state index in [2.05, 4.69) is 5.32 Å². The number of carbonyl (C=O) groups is 1. The Balaban J connectivity index is 1.64. The molecule has 2 rings (SSSR count). The number of nitrogens with zero attached hydrogens (tertiary/aromatic N) is 1. The average molecular weight is 282 g/mol. The van der Waals surface area contributed by atoms with Crippen LogP contribution >= 0.6 is 0 Å². The Labute approximate surface area is 117 Å². The number of hydrogen-bond donors (Lipinski definition) is 2. The summed E-state index contributed by atoms with van der Waals surface area (Å²) in [5.74, 6) is -0.265. The Kier molecular flexibility index (Phi) is 4.92. The van der Waals surface area contributed by atoms with E-state index in [0.29, 0.717) is 19.7 Å². The molecule has 1 fully saturated rings. The highest BCUT2D eigenvalue weighted by Crippen LogP contribution is 2.14. The molecule has 110 valence electrons. The summed E-state index contributed by atoms with van der Waals surface area (Å²) in [5, 5.41) is 11.7. The molecule has 1 saturated heterocycles. The van der Waals surface area contributed by atoms with Crippen molar-refractivity contribution < 1.29 is 19.0 Å². The molecule has 0 saturated carbocycles. The lowest BCUT2D eigenvalue weighted by Gasteiger charge is -2.38. The highest BCUT2D eigenvalue weighted by atomic mass is 19.1. The summed E-state index contributed by atoms with van der Waals surface area (Å²) >= 11 is 0. The zero-order valence-electron chi connectivity index (χ0n) is 11.4. The fourth-order valence-corrected chi connectivity index (χ4v) is 1.85. The van der Waals surface area contributed by atoms with Crippen molar-refractivity contribution in [2.24, 2.45) is 0 Å². The molecular weight excluding hydrogens is 263 g/mol. The second kappa shape index (κ2) is 6.67. The highest BCUT2D eigenvalue weighted by Gasteiger charge is 2.31. The lowest BCUT2D eigenvalue weighted by Crippen LogP contribution is -2.58. The average Bonchev–Trinajstić information content (AvgIpc) is 2.36. The quantitative estimate of drug-likeness (QED) is 0.850. The minimum atomic E-state index is -0.550. The van der Waals surface area contributed by atoms with Crippen LogP contribution in [0.4, 0.5) is 9.18 Å². The van der Waals surface area contributed by atoms with E-state index in [4.69, 9.17) is 9.84 Å². The maximum atomic E-state index is 12.7. The van der Waals surface area contributed by atoms with Crippen LogP contribution in [0.15, 0.2) is 24.3 Å². The maximum absolute atomic E-state index is 12.7. The number of aliphatic hydroxyl groups is 1. The Morgan fingerprint density at radius 1 is 1.50 bits per heavy atom. The maximum Gasteiger partial charge on any atom is 0.317 e. The van der Waals surface area contributed by atoms with Crippen LogP contribution in [-0.4, -0.2) is 47.9 Å². The van der Waals surface area contributed by atoms with Crippen molar-refractivity contribution in [2.75, 3.05) is 19.6 Å². The molecule has 1 aliphatic heterocycles. The number of amides is 2. The molecule has 5 nitrogen and oxygen atoms in total. The first-order valence-electron chi connectivity index (χ1n) is 6.61. The zero-order valence-corrected chi connectivity index (χ0v) is 11.4. The first kappa shape index (κ1) is 14.7. The molecule has 20 heavy (non-hydrogen) atoms. The number of ether oxygens (including phenoxy) is 1. The van der Waals surface area contributed by atoms with Gasteiger partial charge in [0.15, 0.2) is 0 Å². The van der Waals surface area contributed by atoms with E-state index in [1.54, 1.807) is 24.0 Å². The van der Waals surface area contributed by atoms with Gasteiger partial charge in [-0.15, -0.1) is 0 Å². The van der Waals surface area contributed by atoms with Gasteiger partial charge in [-0.3, -0.25) is 0 Å². The fraction of sp³-hybridized carbons (Fsp3) is 0.500. The molecule has 6 heteroatoms. The molecule has 0 aromatic heterocycles. The number of halogens is 1. The van der Waals surface area contributed by atoms with E-state index in [1.807, 2.05) is 0 Å². The van der Waals surface area contributed by atoms with Crippen LogP contribution in [0.3, 0.4) is 0 Å². The normalized spacial score (nSPS) is 16.6. The number of aliphatic hydroxyl groups excluding tert-OH is 1. The standard InChI is InChI=1S/C14H19FN2O3/c1-10(18)6-16-14(19)17-7-13(8-17)20-9-11-2-4-12(15)5-3-11/h2-5,10,13,18H,6-9H2,1H3,(H,16,19). The molecule has 2 amide bonds. The van der Waals surface area contributed by atoms with Gasteiger partial charge in [0.25, 0.3) is 0 Å². The van der Waals surface area contributed by atoms with Crippen LogP contribution in [0, 0.1) is 5.82 Å². The molecule has 1 aromatic carbocycles. The van der Waals surface area contributed by atoms with E-state index in [-0.39, 0.29) is 24.5 Å². The van der Waals surface area contributed by atoms with Gasteiger partial charge in [-0.25, -0.2) is 9.18 Å². The van der Waals surface area contributed by atoms with E-state index in [0.717, 1.165) is 5.56 Å². The molecule has 0 spiro atoms. The summed E-state index contributed by atoms with van der Waals surface area (Å²) in [5.41, 5.74) is 0.906. The van der Waals surface area contributed by atoms with Crippen molar-refractivity contribution in [3.05, 3.63) is 35.6 Å². The lowest BCUT2D eigenvalue weighted by molar-refractivity contribution is -0.0444. The summed E-state index contributed by atoms with van der Waals surface area (Å²) in [4.78, 5) is 13.2. The number of nitrogens with one attached hydrogen (secondary N) is 1. The third-order valence-electron chi connectivity index (χ3n) is 3.08. The molecule has 1 unspecified atom stereocenters. The van der Waals surface area contributed by atoms with Gasteiger partial charge in [0.05, 0.1) is 31.9 Å².